The molecule has 0 unspecified atom stereocenters. The molecule has 0 N–H and O–H groups in total. The van der Waals surface area contributed by atoms with E-state index in [0.29, 0.717) is 16.5 Å². The summed E-state index contributed by atoms with van der Waals surface area (Å²) in [6, 6.07) is 3.51. The van der Waals surface area contributed by atoms with E-state index < -0.39 is 5.41 Å². The predicted octanol–water partition coefficient (Wildman–Crippen LogP) is 3.27. The van der Waals surface area contributed by atoms with Crippen LogP contribution < -0.4 is 9.47 Å². The van der Waals surface area contributed by atoms with E-state index in [0.717, 1.165) is 5.56 Å². The second kappa shape index (κ2) is 4.67. The van der Waals surface area contributed by atoms with Crippen LogP contribution in [0.2, 0.25) is 5.02 Å². The monoisotopic (exact) mass is 238 g/mol. The number of hydrogen-bond donors (Lipinski definition) is 0. The van der Waals surface area contributed by atoms with Gasteiger partial charge >= 0.3 is 0 Å². The summed E-state index contributed by atoms with van der Waals surface area (Å²) in [5, 5.41) is 0.580. The smallest absolute Gasteiger partial charge is 0.165 e. The van der Waals surface area contributed by atoms with Crippen LogP contribution in [0.3, 0.4) is 0 Å². The summed E-state index contributed by atoms with van der Waals surface area (Å²) in [5.74, 6) is 3.94. The Labute approximate surface area is 102 Å². The highest BCUT2D eigenvalue weighted by Gasteiger charge is 2.25. The van der Waals surface area contributed by atoms with Crippen molar-refractivity contribution in [3.8, 4) is 23.8 Å². The fraction of sp³-hybridized carbons (Fsp3) is 0.385. The SMILES string of the molecule is C#CC(C)(C)c1cc(Cl)cc(OC)c1OC. The number of hydrogen-bond acceptors (Lipinski definition) is 2. The molecule has 16 heavy (non-hydrogen) atoms. The summed E-state index contributed by atoms with van der Waals surface area (Å²) in [7, 11) is 3.16. The van der Waals surface area contributed by atoms with E-state index in [-0.39, 0.29) is 0 Å². The number of rotatable bonds is 3. The standard InChI is InChI=1S/C13H15ClO2/c1-6-13(2,3)10-7-9(14)8-11(15-4)12(10)16-5/h1,7-8H,2-5H3. The quantitative estimate of drug-likeness (QED) is 0.753. The summed E-state index contributed by atoms with van der Waals surface area (Å²) in [6.07, 6.45) is 5.51. The van der Waals surface area contributed by atoms with E-state index in [1.807, 2.05) is 19.9 Å². The van der Waals surface area contributed by atoms with Crippen LogP contribution in [0, 0.1) is 12.3 Å². The van der Waals surface area contributed by atoms with E-state index in [1.165, 1.54) is 0 Å². The van der Waals surface area contributed by atoms with Crippen molar-refractivity contribution in [1.29, 1.82) is 0 Å². The van der Waals surface area contributed by atoms with E-state index >= 15 is 0 Å². The lowest BCUT2D eigenvalue weighted by atomic mass is 9.85. The average molecular weight is 239 g/mol. The second-order valence-corrected chi connectivity index (χ2v) is 4.39. The Bertz CT molecular complexity index is 430. The topological polar surface area (TPSA) is 18.5 Å². The third kappa shape index (κ3) is 2.25. The van der Waals surface area contributed by atoms with Crippen molar-refractivity contribution in [2.24, 2.45) is 0 Å². The van der Waals surface area contributed by atoms with Crippen molar-refractivity contribution >= 4 is 11.6 Å². The molecule has 0 radical (unpaired) electrons. The molecule has 86 valence electrons. The minimum atomic E-state index is -0.455. The van der Waals surface area contributed by atoms with Gasteiger partial charge in [0, 0.05) is 16.7 Å². The molecular formula is C13H15ClO2. The molecule has 0 saturated heterocycles. The van der Waals surface area contributed by atoms with E-state index in [9.17, 15) is 0 Å². The van der Waals surface area contributed by atoms with E-state index in [1.54, 1.807) is 20.3 Å². The van der Waals surface area contributed by atoms with Crippen LogP contribution in [0.4, 0.5) is 0 Å². The first-order chi connectivity index (χ1) is 7.46. The van der Waals surface area contributed by atoms with Crippen molar-refractivity contribution in [1.82, 2.24) is 0 Å². The van der Waals surface area contributed by atoms with Crippen LogP contribution in [-0.2, 0) is 5.41 Å². The first-order valence-corrected chi connectivity index (χ1v) is 5.24. The maximum Gasteiger partial charge on any atom is 0.165 e. The maximum absolute atomic E-state index is 6.02. The van der Waals surface area contributed by atoms with Crippen LogP contribution >= 0.6 is 11.6 Å². The third-order valence-corrected chi connectivity index (χ3v) is 2.70. The molecular weight excluding hydrogens is 224 g/mol. The zero-order valence-electron chi connectivity index (χ0n) is 9.93. The highest BCUT2D eigenvalue weighted by atomic mass is 35.5. The number of halogens is 1. The summed E-state index contributed by atoms with van der Waals surface area (Å²) in [4.78, 5) is 0. The van der Waals surface area contributed by atoms with E-state index in [2.05, 4.69) is 5.92 Å². The van der Waals surface area contributed by atoms with E-state index in [4.69, 9.17) is 27.5 Å². The van der Waals surface area contributed by atoms with Crippen molar-refractivity contribution < 1.29 is 9.47 Å². The van der Waals surface area contributed by atoms with Crippen molar-refractivity contribution in [3.63, 3.8) is 0 Å². The largest absolute Gasteiger partial charge is 0.493 e. The van der Waals surface area contributed by atoms with Gasteiger partial charge < -0.3 is 9.47 Å². The van der Waals surface area contributed by atoms with Gasteiger partial charge in [-0.1, -0.05) is 17.5 Å². The lowest BCUT2D eigenvalue weighted by Crippen LogP contribution is -2.15. The molecule has 0 aromatic heterocycles. The van der Waals surface area contributed by atoms with Gasteiger partial charge in [0.15, 0.2) is 11.5 Å². The van der Waals surface area contributed by atoms with Gasteiger partial charge in [-0.05, 0) is 19.9 Å². The molecule has 0 aliphatic heterocycles. The van der Waals surface area contributed by atoms with Gasteiger partial charge in [0.1, 0.15) is 0 Å². The lowest BCUT2D eigenvalue weighted by Gasteiger charge is -2.22. The number of methoxy groups -OCH3 is 2. The highest BCUT2D eigenvalue weighted by molar-refractivity contribution is 6.30. The summed E-state index contributed by atoms with van der Waals surface area (Å²) in [6.45, 7) is 3.86. The van der Waals surface area contributed by atoms with Gasteiger partial charge in [-0.2, -0.15) is 0 Å². The minimum Gasteiger partial charge on any atom is -0.493 e. The van der Waals surface area contributed by atoms with Gasteiger partial charge in [0.05, 0.1) is 19.6 Å². The van der Waals surface area contributed by atoms with Crippen LogP contribution in [0.5, 0.6) is 11.5 Å². The molecule has 1 aromatic carbocycles. The van der Waals surface area contributed by atoms with Gasteiger partial charge in [0.2, 0.25) is 0 Å². The fourth-order valence-electron chi connectivity index (χ4n) is 1.47. The normalized spacial score (nSPS) is 10.8. The van der Waals surface area contributed by atoms with Crippen LogP contribution in [0.25, 0.3) is 0 Å². The van der Waals surface area contributed by atoms with Gasteiger partial charge in [-0.15, -0.1) is 6.42 Å². The molecule has 0 aliphatic rings. The fourth-order valence-corrected chi connectivity index (χ4v) is 1.68. The first-order valence-electron chi connectivity index (χ1n) is 4.86. The minimum absolute atomic E-state index is 0.455. The van der Waals surface area contributed by atoms with Crippen LogP contribution in [0.15, 0.2) is 12.1 Å². The highest BCUT2D eigenvalue weighted by Crippen LogP contribution is 2.40. The summed E-state index contributed by atoms with van der Waals surface area (Å²) in [5.41, 5.74) is 0.394. The molecule has 0 amide bonds. The van der Waals surface area contributed by atoms with Crippen molar-refractivity contribution in [3.05, 3.63) is 22.7 Å². The maximum atomic E-state index is 6.02. The van der Waals surface area contributed by atoms with Crippen molar-refractivity contribution in [2.75, 3.05) is 14.2 Å². The number of ether oxygens (including phenoxy) is 2. The zero-order valence-corrected chi connectivity index (χ0v) is 10.7. The molecule has 0 saturated carbocycles. The second-order valence-electron chi connectivity index (χ2n) is 3.96. The Hall–Kier alpha value is -1.33. The van der Waals surface area contributed by atoms with Gasteiger partial charge in [0.25, 0.3) is 0 Å². The molecule has 0 atom stereocenters. The number of terminal acetylenes is 1. The number of benzene rings is 1. The molecule has 2 nitrogen and oxygen atoms in total. The molecule has 0 spiro atoms. The average Bonchev–Trinajstić information content (AvgIpc) is 2.27. The Morgan fingerprint density at radius 1 is 1.25 bits per heavy atom. The van der Waals surface area contributed by atoms with Crippen LogP contribution in [-0.4, -0.2) is 14.2 Å². The summed E-state index contributed by atoms with van der Waals surface area (Å²) >= 11 is 6.02. The molecule has 0 fully saturated rings. The zero-order chi connectivity index (χ0) is 12.3. The van der Waals surface area contributed by atoms with Gasteiger partial charge in [-0.3, -0.25) is 0 Å². The molecule has 1 rings (SSSR count). The van der Waals surface area contributed by atoms with Gasteiger partial charge in [-0.25, -0.2) is 0 Å². The van der Waals surface area contributed by atoms with Crippen molar-refractivity contribution in [2.45, 2.75) is 19.3 Å². The Morgan fingerprint density at radius 2 is 1.88 bits per heavy atom. The molecule has 3 heteroatoms. The molecule has 0 heterocycles. The van der Waals surface area contributed by atoms with Crippen LogP contribution in [0.1, 0.15) is 19.4 Å². The third-order valence-electron chi connectivity index (χ3n) is 2.48. The lowest BCUT2D eigenvalue weighted by molar-refractivity contribution is 0.348. The Kier molecular flexibility index (Phi) is 3.72. The predicted molar refractivity (Wildman–Crippen MR) is 66.4 cm³/mol. The Morgan fingerprint density at radius 3 is 2.31 bits per heavy atom. The first kappa shape index (κ1) is 12.7. The Balaban J connectivity index is 3.50. The molecule has 0 aliphatic carbocycles. The molecule has 1 aromatic rings. The summed E-state index contributed by atoms with van der Waals surface area (Å²) < 4.78 is 10.6. The molecule has 0 bridgehead atoms.